The van der Waals surface area contributed by atoms with E-state index in [1.165, 1.54) is 11.8 Å². The van der Waals surface area contributed by atoms with E-state index in [1.54, 1.807) is 18.3 Å². The molecule has 0 fully saturated rings. The zero-order chi connectivity index (χ0) is 20.4. The van der Waals surface area contributed by atoms with Gasteiger partial charge in [-0.05, 0) is 31.7 Å². The quantitative estimate of drug-likeness (QED) is 0.363. The van der Waals surface area contributed by atoms with Gasteiger partial charge in [0.25, 0.3) is 5.56 Å². The van der Waals surface area contributed by atoms with E-state index in [-0.39, 0.29) is 17.9 Å². The molecule has 0 unspecified atom stereocenters. The number of nitrogens with one attached hydrogen (secondary N) is 2. The van der Waals surface area contributed by atoms with E-state index >= 15 is 0 Å². The van der Waals surface area contributed by atoms with Crippen molar-refractivity contribution in [3.05, 3.63) is 63.7 Å². The van der Waals surface area contributed by atoms with Gasteiger partial charge in [-0.2, -0.15) is 0 Å². The summed E-state index contributed by atoms with van der Waals surface area (Å²) in [6, 6.07) is 7.57. The third-order valence-electron chi connectivity index (χ3n) is 4.55. The minimum atomic E-state index is -0.182. The van der Waals surface area contributed by atoms with Crippen LogP contribution in [0, 0.1) is 6.92 Å². The first-order valence-corrected chi connectivity index (χ1v) is 11.1. The van der Waals surface area contributed by atoms with E-state index in [1.807, 2.05) is 52.7 Å². The first kappa shape index (κ1) is 19.4. The van der Waals surface area contributed by atoms with Crippen molar-refractivity contribution in [2.75, 3.05) is 11.6 Å². The fraction of sp³-hybridized carbons (Fsp3) is 0.200. The second-order valence-corrected chi connectivity index (χ2v) is 8.15. The largest absolute Gasteiger partial charge is 0.326 e. The van der Waals surface area contributed by atoms with Gasteiger partial charge in [0.2, 0.25) is 5.91 Å². The number of hydrogen-bond acceptors (Lipinski definition) is 6. The number of amides is 1. The number of thiazole rings is 1. The average Bonchev–Trinajstić information content (AvgIpc) is 3.30. The van der Waals surface area contributed by atoms with Crippen molar-refractivity contribution in [1.29, 1.82) is 0 Å². The number of nitrogens with zero attached hydrogens (tertiary/aromatic N) is 3. The van der Waals surface area contributed by atoms with Gasteiger partial charge in [-0.3, -0.25) is 14.0 Å². The van der Waals surface area contributed by atoms with Crippen LogP contribution in [-0.4, -0.2) is 31.5 Å². The van der Waals surface area contributed by atoms with E-state index in [2.05, 4.69) is 20.3 Å². The van der Waals surface area contributed by atoms with Crippen molar-refractivity contribution in [3.63, 3.8) is 0 Å². The van der Waals surface area contributed by atoms with Gasteiger partial charge < -0.3 is 10.3 Å². The Labute approximate surface area is 175 Å². The van der Waals surface area contributed by atoms with Crippen LogP contribution in [0.5, 0.6) is 0 Å². The summed E-state index contributed by atoms with van der Waals surface area (Å²) in [5.41, 5.74) is 3.62. The van der Waals surface area contributed by atoms with Crippen LogP contribution in [0.3, 0.4) is 0 Å². The summed E-state index contributed by atoms with van der Waals surface area (Å²) in [5.74, 6) is -0.145. The molecule has 4 aromatic rings. The lowest BCUT2D eigenvalue weighted by molar-refractivity contribution is -0.116. The van der Waals surface area contributed by atoms with Gasteiger partial charge in [0.15, 0.2) is 10.1 Å². The molecule has 3 heterocycles. The van der Waals surface area contributed by atoms with Crippen molar-refractivity contribution >= 4 is 39.7 Å². The molecule has 0 saturated carbocycles. The van der Waals surface area contributed by atoms with Gasteiger partial charge in [0.05, 0.1) is 5.69 Å². The van der Waals surface area contributed by atoms with Crippen molar-refractivity contribution in [3.8, 4) is 11.3 Å². The monoisotopic (exact) mass is 425 g/mol. The van der Waals surface area contributed by atoms with Gasteiger partial charge in [0.1, 0.15) is 0 Å². The second kappa shape index (κ2) is 8.22. The fourth-order valence-corrected chi connectivity index (χ4v) is 4.15. The van der Waals surface area contributed by atoms with Crippen LogP contribution < -0.4 is 10.9 Å². The summed E-state index contributed by atoms with van der Waals surface area (Å²) in [5, 5.41) is 5.45. The highest BCUT2D eigenvalue weighted by atomic mass is 32.2. The lowest BCUT2D eigenvalue weighted by Crippen LogP contribution is -2.20. The number of anilines is 1. The average molecular weight is 426 g/mol. The molecule has 9 heteroatoms. The Hall–Kier alpha value is -2.91. The fourth-order valence-electron chi connectivity index (χ4n) is 3.03. The third kappa shape index (κ3) is 4.25. The Bertz CT molecular complexity index is 1200. The molecular weight excluding hydrogens is 406 g/mol. The Kier molecular flexibility index (Phi) is 5.50. The van der Waals surface area contributed by atoms with Gasteiger partial charge >= 0.3 is 0 Å². The maximum Gasteiger partial charge on any atom is 0.254 e. The number of fused-ring (bicyclic) bond motifs is 1. The van der Waals surface area contributed by atoms with Gasteiger partial charge in [-0.1, -0.05) is 23.9 Å². The van der Waals surface area contributed by atoms with E-state index in [0.29, 0.717) is 28.5 Å². The number of imidazole rings is 1. The molecule has 4 rings (SSSR count). The molecule has 7 nitrogen and oxygen atoms in total. The van der Waals surface area contributed by atoms with Crippen molar-refractivity contribution in [1.82, 2.24) is 19.4 Å². The highest BCUT2D eigenvalue weighted by molar-refractivity contribution is 7.98. The number of H-pyrrole nitrogens is 1. The van der Waals surface area contributed by atoms with Crippen molar-refractivity contribution < 1.29 is 4.79 Å². The number of aromatic amines is 1. The number of aryl methyl sites for hydroxylation is 1. The van der Waals surface area contributed by atoms with Crippen LogP contribution in [0.1, 0.15) is 17.7 Å². The zero-order valence-electron chi connectivity index (χ0n) is 15.9. The summed E-state index contributed by atoms with van der Waals surface area (Å²) in [4.78, 5) is 37.1. The van der Waals surface area contributed by atoms with Gasteiger partial charge in [-0.25, -0.2) is 9.97 Å². The van der Waals surface area contributed by atoms with E-state index in [0.717, 1.165) is 16.2 Å². The first-order valence-electron chi connectivity index (χ1n) is 9.00. The molecule has 0 radical (unpaired) electrons. The number of hydrogen-bond donors (Lipinski definition) is 2. The number of rotatable bonds is 6. The molecular formula is C20H19N5O2S2. The minimum Gasteiger partial charge on any atom is -0.326 e. The maximum absolute atomic E-state index is 12.3. The molecule has 0 atom stereocenters. The summed E-state index contributed by atoms with van der Waals surface area (Å²) in [6.45, 7) is 1.79. The number of thioether (sulfide) groups is 1. The molecule has 1 aromatic carbocycles. The molecule has 0 spiro atoms. The molecule has 0 saturated heterocycles. The predicted octanol–water partition coefficient (Wildman–Crippen LogP) is 3.75. The molecule has 0 bridgehead atoms. The lowest BCUT2D eigenvalue weighted by atomic mass is 10.1. The number of aromatic nitrogens is 4. The van der Waals surface area contributed by atoms with Gasteiger partial charge in [-0.15, -0.1) is 11.3 Å². The van der Waals surface area contributed by atoms with E-state index in [4.69, 9.17) is 0 Å². The number of carbonyl (C=O) groups is 1. The van der Waals surface area contributed by atoms with Crippen LogP contribution in [-0.2, 0) is 11.2 Å². The summed E-state index contributed by atoms with van der Waals surface area (Å²) < 4.78 is 1.99. The minimum absolute atomic E-state index is 0.145. The molecule has 29 heavy (non-hydrogen) atoms. The number of carbonyl (C=O) groups excluding carboxylic acids is 1. The van der Waals surface area contributed by atoms with E-state index < -0.39 is 0 Å². The molecule has 3 aromatic heterocycles. The summed E-state index contributed by atoms with van der Waals surface area (Å²) in [6.07, 6.45) is 6.37. The summed E-state index contributed by atoms with van der Waals surface area (Å²) >= 11 is 2.97. The van der Waals surface area contributed by atoms with Crippen LogP contribution in [0.15, 0.2) is 52.0 Å². The third-order valence-corrected chi connectivity index (χ3v) is 5.90. The smallest absolute Gasteiger partial charge is 0.254 e. The summed E-state index contributed by atoms with van der Waals surface area (Å²) in [7, 11) is 0. The second-order valence-electron chi connectivity index (χ2n) is 6.48. The Balaban J connectivity index is 1.39. The Morgan fingerprint density at radius 1 is 1.28 bits per heavy atom. The van der Waals surface area contributed by atoms with Gasteiger partial charge in [0, 0.05) is 46.7 Å². The molecule has 2 N–H and O–H groups in total. The molecule has 0 aliphatic heterocycles. The maximum atomic E-state index is 12.3. The van der Waals surface area contributed by atoms with Crippen LogP contribution in [0.4, 0.5) is 5.69 Å². The van der Waals surface area contributed by atoms with Crippen molar-refractivity contribution in [2.24, 2.45) is 0 Å². The molecule has 0 aliphatic rings. The van der Waals surface area contributed by atoms with Crippen LogP contribution in [0.2, 0.25) is 0 Å². The zero-order valence-corrected chi connectivity index (χ0v) is 17.6. The highest BCUT2D eigenvalue weighted by Crippen LogP contribution is 2.23. The highest BCUT2D eigenvalue weighted by Gasteiger charge is 2.11. The van der Waals surface area contributed by atoms with Crippen LogP contribution >= 0.6 is 23.1 Å². The first-order chi connectivity index (χ1) is 14.0. The Morgan fingerprint density at radius 2 is 2.07 bits per heavy atom. The predicted molar refractivity (Wildman–Crippen MR) is 117 cm³/mol. The molecule has 0 aliphatic carbocycles. The Morgan fingerprint density at radius 3 is 2.76 bits per heavy atom. The topological polar surface area (TPSA) is 92.2 Å². The normalized spacial score (nSPS) is 11.1. The SMILES string of the molecule is CSc1nc(C)c(CCC(=O)Nc2ccc(-c3cn4ccsc4n3)cc2)c(=O)[nH]1. The molecule has 1 amide bonds. The number of benzene rings is 1. The van der Waals surface area contributed by atoms with Crippen LogP contribution in [0.25, 0.3) is 16.2 Å². The molecule has 148 valence electrons. The standard InChI is InChI=1S/C20H19N5O2S2/c1-12-15(18(27)24-19(21-12)28-2)7-8-17(26)22-14-5-3-13(4-6-14)16-11-25-9-10-29-20(25)23-16/h3-6,9-11H,7-8H2,1-2H3,(H,22,26)(H,21,24,27). The van der Waals surface area contributed by atoms with E-state index in [9.17, 15) is 9.59 Å². The lowest BCUT2D eigenvalue weighted by Gasteiger charge is -2.08. The van der Waals surface area contributed by atoms with Crippen molar-refractivity contribution in [2.45, 2.75) is 24.9 Å².